The summed E-state index contributed by atoms with van der Waals surface area (Å²) in [7, 11) is 0. The zero-order valence-electron chi connectivity index (χ0n) is 10.1. The van der Waals surface area contributed by atoms with E-state index in [1.807, 2.05) is 0 Å². The molecule has 0 saturated heterocycles. The number of hydrogen-bond donors (Lipinski definition) is 0. The lowest BCUT2D eigenvalue weighted by molar-refractivity contribution is 0.288. The Morgan fingerprint density at radius 3 is 2.94 bits per heavy atom. The maximum absolute atomic E-state index is 5.63. The van der Waals surface area contributed by atoms with Gasteiger partial charge in [-0.3, -0.25) is 0 Å². The zero-order chi connectivity index (χ0) is 11.8. The van der Waals surface area contributed by atoms with E-state index in [-0.39, 0.29) is 0 Å². The molecule has 0 radical (unpaired) electrons. The second-order valence-corrected chi connectivity index (χ2v) is 5.64. The molecule has 0 aliphatic carbocycles. The molecule has 1 aromatic carbocycles. The molecule has 3 heteroatoms. The number of rotatable bonds is 1. The van der Waals surface area contributed by atoms with Gasteiger partial charge in [-0.05, 0) is 50.5 Å². The third-order valence-electron chi connectivity index (χ3n) is 3.18. The predicted molar refractivity (Wildman–Crippen MR) is 70.8 cm³/mol. The average molecular weight is 245 g/mol. The number of benzene rings is 1. The maximum atomic E-state index is 5.63. The Morgan fingerprint density at radius 1 is 1.29 bits per heavy atom. The molecule has 88 valence electrons. The van der Waals surface area contributed by atoms with Gasteiger partial charge in [0.1, 0.15) is 10.8 Å². The van der Waals surface area contributed by atoms with Crippen molar-refractivity contribution in [1.29, 1.82) is 0 Å². The van der Waals surface area contributed by atoms with Gasteiger partial charge < -0.3 is 4.74 Å². The summed E-state index contributed by atoms with van der Waals surface area (Å²) in [6, 6.07) is 6.42. The van der Waals surface area contributed by atoms with E-state index in [1.54, 1.807) is 11.3 Å². The third-order valence-corrected chi connectivity index (χ3v) is 4.31. The summed E-state index contributed by atoms with van der Waals surface area (Å²) in [5.41, 5.74) is 3.67. The van der Waals surface area contributed by atoms with Gasteiger partial charge in [0, 0.05) is 10.4 Å². The second kappa shape index (κ2) is 4.15. The summed E-state index contributed by atoms with van der Waals surface area (Å²) in [6.07, 6.45) is 2.24. The van der Waals surface area contributed by atoms with Gasteiger partial charge in [-0.15, -0.1) is 11.3 Å². The minimum atomic E-state index is 0.849. The molecule has 1 aliphatic rings. The monoisotopic (exact) mass is 245 g/mol. The van der Waals surface area contributed by atoms with Gasteiger partial charge in [-0.2, -0.15) is 0 Å². The Hall–Kier alpha value is -1.35. The van der Waals surface area contributed by atoms with Crippen molar-refractivity contribution >= 4 is 11.3 Å². The minimum absolute atomic E-state index is 0.849. The van der Waals surface area contributed by atoms with E-state index < -0.39 is 0 Å². The van der Waals surface area contributed by atoms with Crippen LogP contribution in [0.25, 0.3) is 10.6 Å². The highest BCUT2D eigenvalue weighted by molar-refractivity contribution is 7.15. The Morgan fingerprint density at radius 2 is 2.18 bits per heavy atom. The highest BCUT2D eigenvalue weighted by atomic mass is 32.1. The molecule has 17 heavy (non-hydrogen) atoms. The molecular weight excluding hydrogens is 230 g/mol. The summed E-state index contributed by atoms with van der Waals surface area (Å²) in [5.74, 6) is 1.05. The van der Waals surface area contributed by atoms with Gasteiger partial charge in [0.25, 0.3) is 0 Å². The van der Waals surface area contributed by atoms with Crippen molar-refractivity contribution < 1.29 is 4.74 Å². The van der Waals surface area contributed by atoms with E-state index >= 15 is 0 Å². The Kier molecular flexibility index (Phi) is 2.63. The zero-order valence-corrected chi connectivity index (χ0v) is 10.9. The Balaban J connectivity index is 2.03. The summed E-state index contributed by atoms with van der Waals surface area (Å²) in [6.45, 7) is 5.04. The van der Waals surface area contributed by atoms with Crippen LogP contribution in [0.1, 0.15) is 22.6 Å². The van der Waals surface area contributed by atoms with E-state index in [4.69, 9.17) is 4.74 Å². The number of fused-ring (bicyclic) bond motifs is 1. The molecule has 0 saturated carbocycles. The third kappa shape index (κ3) is 1.95. The topological polar surface area (TPSA) is 22.1 Å². The fourth-order valence-electron chi connectivity index (χ4n) is 2.09. The van der Waals surface area contributed by atoms with Crippen LogP contribution in [-0.4, -0.2) is 11.6 Å². The van der Waals surface area contributed by atoms with Crippen LogP contribution in [0, 0.1) is 13.8 Å². The number of hydrogen-bond acceptors (Lipinski definition) is 3. The van der Waals surface area contributed by atoms with Crippen molar-refractivity contribution in [3.63, 3.8) is 0 Å². The first-order valence-corrected chi connectivity index (χ1v) is 6.76. The van der Waals surface area contributed by atoms with Gasteiger partial charge in [0.2, 0.25) is 0 Å². The van der Waals surface area contributed by atoms with Crippen LogP contribution in [0.5, 0.6) is 5.75 Å². The molecule has 0 N–H and O–H groups in total. The quantitative estimate of drug-likeness (QED) is 0.763. The Bertz CT molecular complexity index is 540. The second-order valence-electron chi connectivity index (χ2n) is 4.44. The molecule has 1 aliphatic heterocycles. The molecule has 2 aromatic rings. The lowest BCUT2D eigenvalue weighted by atomic mass is 10.0. The normalized spacial score (nSPS) is 14.2. The van der Waals surface area contributed by atoms with Gasteiger partial charge in [-0.1, -0.05) is 0 Å². The molecule has 2 heterocycles. The fraction of sp³-hybridized carbons (Fsp3) is 0.357. The first-order chi connectivity index (χ1) is 8.24. The molecule has 2 nitrogen and oxygen atoms in total. The van der Waals surface area contributed by atoms with Crippen LogP contribution in [0.4, 0.5) is 0 Å². The smallest absolute Gasteiger partial charge is 0.123 e. The molecule has 0 spiro atoms. The van der Waals surface area contributed by atoms with E-state index in [2.05, 4.69) is 37.0 Å². The summed E-state index contributed by atoms with van der Waals surface area (Å²) < 4.78 is 5.63. The maximum Gasteiger partial charge on any atom is 0.123 e. The van der Waals surface area contributed by atoms with Gasteiger partial charge in [-0.25, -0.2) is 4.98 Å². The molecule has 0 unspecified atom stereocenters. The van der Waals surface area contributed by atoms with Crippen LogP contribution in [-0.2, 0) is 6.42 Å². The first-order valence-electron chi connectivity index (χ1n) is 5.94. The van der Waals surface area contributed by atoms with Crippen molar-refractivity contribution in [2.24, 2.45) is 0 Å². The SMILES string of the molecule is Cc1nc(-c2ccc3c(c2)CCCO3)sc1C. The lowest BCUT2D eigenvalue weighted by Crippen LogP contribution is -2.07. The van der Waals surface area contributed by atoms with E-state index in [0.29, 0.717) is 0 Å². The standard InChI is InChI=1S/C14H15NOS/c1-9-10(2)17-14(15-9)12-5-6-13-11(8-12)4-3-7-16-13/h5-6,8H,3-4,7H2,1-2H3. The summed E-state index contributed by atoms with van der Waals surface area (Å²) in [4.78, 5) is 5.91. The molecule has 0 bridgehead atoms. The van der Waals surface area contributed by atoms with Crippen molar-refractivity contribution in [3.8, 4) is 16.3 Å². The first kappa shape index (κ1) is 10.8. The minimum Gasteiger partial charge on any atom is -0.493 e. The molecule has 0 fully saturated rings. The van der Waals surface area contributed by atoms with Crippen molar-refractivity contribution in [2.75, 3.05) is 6.61 Å². The van der Waals surface area contributed by atoms with Crippen molar-refractivity contribution in [3.05, 3.63) is 34.3 Å². The fourth-order valence-corrected chi connectivity index (χ4v) is 3.00. The van der Waals surface area contributed by atoms with E-state index in [9.17, 15) is 0 Å². The lowest BCUT2D eigenvalue weighted by Gasteiger charge is -2.17. The van der Waals surface area contributed by atoms with Gasteiger partial charge >= 0.3 is 0 Å². The van der Waals surface area contributed by atoms with Crippen LogP contribution < -0.4 is 4.74 Å². The number of thiazole rings is 1. The number of aryl methyl sites for hydroxylation is 3. The van der Waals surface area contributed by atoms with E-state index in [0.717, 1.165) is 35.9 Å². The Labute approximate surface area is 105 Å². The average Bonchev–Trinajstić information content (AvgIpc) is 2.69. The molecular formula is C14H15NOS. The largest absolute Gasteiger partial charge is 0.493 e. The highest BCUT2D eigenvalue weighted by Gasteiger charge is 2.13. The number of ether oxygens (including phenoxy) is 1. The van der Waals surface area contributed by atoms with Crippen LogP contribution in [0.15, 0.2) is 18.2 Å². The van der Waals surface area contributed by atoms with E-state index in [1.165, 1.54) is 16.0 Å². The molecule has 3 rings (SSSR count). The molecule has 0 atom stereocenters. The predicted octanol–water partition coefficient (Wildman–Crippen LogP) is 3.75. The summed E-state index contributed by atoms with van der Waals surface area (Å²) in [5, 5.41) is 1.12. The van der Waals surface area contributed by atoms with Crippen molar-refractivity contribution in [2.45, 2.75) is 26.7 Å². The number of nitrogens with zero attached hydrogens (tertiary/aromatic N) is 1. The van der Waals surface area contributed by atoms with Crippen LogP contribution >= 0.6 is 11.3 Å². The van der Waals surface area contributed by atoms with Crippen LogP contribution in [0.3, 0.4) is 0 Å². The van der Waals surface area contributed by atoms with Gasteiger partial charge in [0.05, 0.1) is 12.3 Å². The molecule has 0 amide bonds. The number of aromatic nitrogens is 1. The highest BCUT2D eigenvalue weighted by Crippen LogP contribution is 2.32. The van der Waals surface area contributed by atoms with Gasteiger partial charge in [0.15, 0.2) is 0 Å². The van der Waals surface area contributed by atoms with Crippen LogP contribution in [0.2, 0.25) is 0 Å². The van der Waals surface area contributed by atoms with Crippen molar-refractivity contribution in [1.82, 2.24) is 4.98 Å². The molecule has 1 aromatic heterocycles. The summed E-state index contributed by atoms with van der Waals surface area (Å²) >= 11 is 1.77.